The van der Waals surface area contributed by atoms with Crippen LogP contribution in [0.25, 0.3) is 0 Å². The topological polar surface area (TPSA) is 111 Å². The highest BCUT2D eigenvalue weighted by Crippen LogP contribution is 2.53. The van der Waals surface area contributed by atoms with Crippen molar-refractivity contribution in [3.8, 4) is 11.5 Å². The van der Waals surface area contributed by atoms with Crippen LogP contribution in [0.2, 0.25) is 0 Å². The molecule has 180 valence electrons. The van der Waals surface area contributed by atoms with Crippen LogP contribution >= 0.6 is 0 Å². The molecule has 9 nitrogen and oxygen atoms in total. The summed E-state index contributed by atoms with van der Waals surface area (Å²) in [5, 5.41) is 2.62. The van der Waals surface area contributed by atoms with Crippen molar-refractivity contribution in [2.45, 2.75) is 6.42 Å². The number of carbonyl (C=O) groups excluding carboxylic acids is 4. The number of amides is 3. The van der Waals surface area contributed by atoms with Crippen molar-refractivity contribution >= 4 is 35.1 Å². The van der Waals surface area contributed by atoms with E-state index in [0.717, 1.165) is 6.42 Å². The van der Waals surface area contributed by atoms with Crippen molar-refractivity contribution in [3.63, 3.8) is 0 Å². The number of hydrogen-bond donors (Lipinski definition) is 1. The van der Waals surface area contributed by atoms with E-state index < -0.39 is 18.5 Å². The second-order valence-electron chi connectivity index (χ2n) is 8.75. The van der Waals surface area contributed by atoms with E-state index in [-0.39, 0.29) is 41.0 Å². The number of allylic oxidation sites excluding steroid dienone is 2. The zero-order valence-corrected chi connectivity index (χ0v) is 19.2. The molecule has 2 aromatic rings. The van der Waals surface area contributed by atoms with Crippen LogP contribution in [0.4, 0.5) is 11.4 Å². The van der Waals surface area contributed by atoms with E-state index in [1.54, 1.807) is 30.3 Å². The molecule has 1 aliphatic heterocycles. The number of hydrogen-bond acceptors (Lipinski definition) is 7. The molecule has 3 aliphatic rings. The van der Waals surface area contributed by atoms with Crippen LogP contribution in [0.5, 0.6) is 11.5 Å². The molecule has 4 atom stereocenters. The monoisotopic (exact) mass is 476 g/mol. The Balaban J connectivity index is 1.23. The molecule has 0 radical (unpaired) electrons. The molecule has 35 heavy (non-hydrogen) atoms. The van der Waals surface area contributed by atoms with Gasteiger partial charge >= 0.3 is 5.97 Å². The number of ether oxygens (including phenoxy) is 3. The number of carbonyl (C=O) groups is 4. The minimum atomic E-state index is -0.746. The van der Waals surface area contributed by atoms with Gasteiger partial charge in [-0.25, -0.2) is 9.69 Å². The van der Waals surface area contributed by atoms with Crippen LogP contribution in [0.1, 0.15) is 16.8 Å². The lowest BCUT2D eigenvalue weighted by molar-refractivity contribution is -0.123. The molecule has 5 rings (SSSR count). The summed E-state index contributed by atoms with van der Waals surface area (Å²) in [6.45, 7) is -0.529. The van der Waals surface area contributed by atoms with Gasteiger partial charge in [-0.3, -0.25) is 14.4 Å². The smallest absolute Gasteiger partial charge is 0.338 e. The highest BCUT2D eigenvalue weighted by atomic mass is 16.5. The van der Waals surface area contributed by atoms with Gasteiger partial charge in [-0.2, -0.15) is 0 Å². The van der Waals surface area contributed by atoms with Crippen LogP contribution in [0, 0.1) is 23.7 Å². The summed E-state index contributed by atoms with van der Waals surface area (Å²) >= 11 is 0. The van der Waals surface area contributed by atoms with E-state index in [2.05, 4.69) is 5.32 Å². The first kappa shape index (κ1) is 22.6. The molecular formula is C26H24N2O7. The van der Waals surface area contributed by atoms with Crippen molar-refractivity contribution < 1.29 is 33.4 Å². The molecule has 1 N–H and O–H groups in total. The van der Waals surface area contributed by atoms with E-state index in [9.17, 15) is 19.2 Å². The van der Waals surface area contributed by atoms with Gasteiger partial charge in [-0.05, 0) is 48.6 Å². The number of imide groups is 1. The average molecular weight is 476 g/mol. The lowest BCUT2D eigenvalue weighted by atomic mass is 9.85. The summed E-state index contributed by atoms with van der Waals surface area (Å²) in [6.07, 6.45) is 4.90. The van der Waals surface area contributed by atoms with Crippen LogP contribution in [0.3, 0.4) is 0 Å². The number of benzene rings is 2. The number of methoxy groups -OCH3 is 2. The van der Waals surface area contributed by atoms with Gasteiger partial charge in [-0.15, -0.1) is 0 Å². The van der Waals surface area contributed by atoms with Gasteiger partial charge in [0.15, 0.2) is 6.61 Å². The molecule has 1 saturated carbocycles. The lowest BCUT2D eigenvalue weighted by Crippen LogP contribution is -2.33. The summed E-state index contributed by atoms with van der Waals surface area (Å²) in [5.41, 5.74) is 0.864. The summed E-state index contributed by atoms with van der Waals surface area (Å²) in [6, 6.07) is 11.0. The van der Waals surface area contributed by atoms with Gasteiger partial charge < -0.3 is 19.5 Å². The SMILES string of the molecule is COc1ccc(NC(=O)COC(=O)c2cccc(N3C(=O)[C@@H]4[C@@H](C3=O)[C@H]3C=C[C@H]4C3)c2)c(OC)c1. The predicted molar refractivity (Wildman–Crippen MR) is 125 cm³/mol. The Labute approximate surface area is 201 Å². The number of anilines is 2. The normalized spacial score (nSPS) is 23.9. The quantitative estimate of drug-likeness (QED) is 0.372. The number of rotatable bonds is 7. The number of nitrogens with one attached hydrogen (secondary N) is 1. The Morgan fingerprint density at radius 1 is 0.971 bits per heavy atom. The summed E-state index contributed by atoms with van der Waals surface area (Å²) < 4.78 is 15.5. The Kier molecular flexibility index (Phi) is 5.76. The Hall–Kier alpha value is -4.14. The Morgan fingerprint density at radius 2 is 1.69 bits per heavy atom. The average Bonchev–Trinajstić information content (AvgIpc) is 3.56. The number of nitrogens with zero attached hydrogens (tertiary/aromatic N) is 1. The predicted octanol–water partition coefficient (Wildman–Crippen LogP) is 2.81. The van der Waals surface area contributed by atoms with Crippen molar-refractivity contribution in [1.29, 1.82) is 0 Å². The fourth-order valence-corrected chi connectivity index (χ4v) is 5.23. The molecule has 0 unspecified atom stereocenters. The third-order valence-corrected chi connectivity index (χ3v) is 6.83. The van der Waals surface area contributed by atoms with Crippen LogP contribution in [-0.4, -0.2) is 44.5 Å². The fourth-order valence-electron chi connectivity index (χ4n) is 5.23. The van der Waals surface area contributed by atoms with Crippen molar-refractivity contribution in [2.75, 3.05) is 31.0 Å². The maximum absolute atomic E-state index is 13.0. The third-order valence-electron chi connectivity index (χ3n) is 6.83. The maximum atomic E-state index is 13.0. The van der Waals surface area contributed by atoms with Gasteiger partial charge in [0.25, 0.3) is 5.91 Å². The van der Waals surface area contributed by atoms with E-state index in [1.807, 2.05) is 12.2 Å². The van der Waals surface area contributed by atoms with Crippen molar-refractivity contribution in [3.05, 3.63) is 60.2 Å². The second kappa shape index (κ2) is 8.90. The molecular weight excluding hydrogens is 452 g/mol. The van der Waals surface area contributed by atoms with Crippen molar-refractivity contribution in [1.82, 2.24) is 0 Å². The zero-order chi connectivity index (χ0) is 24.7. The first-order valence-electron chi connectivity index (χ1n) is 11.3. The van der Waals surface area contributed by atoms with Gasteiger partial charge in [0.05, 0.1) is 43.0 Å². The molecule has 2 aromatic carbocycles. The standard InChI is InChI=1S/C26H24N2O7/c1-33-18-8-9-19(20(12-18)34-2)27-21(29)13-35-26(32)16-4-3-5-17(11-16)28-24(30)22-14-6-7-15(10-14)23(22)25(28)31/h3-9,11-12,14-15,22-23H,10,13H2,1-2H3,(H,27,29)/t14-,15-,22-,23-/m0/s1. The summed E-state index contributed by atoms with van der Waals surface area (Å²) in [4.78, 5) is 52.2. The van der Waals surface area contributed by atoms with Gasteiger partial charge in [0.1, 0.15) is 11.5 Å². The molecule has 0 spiro atoms. The highest BCUT2D eigenvalue weighted by Gasteiger charge is 2.59. The minimum Gasteiger partial charge on any atom is -0.497 e. The molecule has 3 amide bonds. The lowest BCUT2D eigenvalue weighted by Gasteiger charge is -2.18. The third kappa shape index (κ3) is 3.92. The first-order chi connectivity index (χ1) is 16.9. The maximum Gasteiger partial charge on any atom is 0.338 e. The molecule has 1 heterocycles. The fraction of sp³-hybridized carbons (Fsp3) is 0.308. The van der Waals surface area contributed by atoms with Gasteiger partial charge in [0, 0.05) is 6.07 Å². The van der Waals surface area contributed by atoms with Gasteiger partial charge in [-0.1, -0.05) is 18.2 Å². The molecule has 2 bridgehead atoms. The largest absolute Gasteiger partial charge is 0.497 e. The van der Waals surface area contributed by atoms with Gasteiger partial charge in [0.2, 0.25) is 11.8 Å². The van der Waals surface area contributed by atoms with E-state index in [4.69, 9.17) is 14.2 Å². The van der Waals surface area contributed by atoms with Crippen LogP contribution < -0.4 is 19.7 Å². The molecule has 0 aromatic heterocycles. The van der Waals surface area contributed by atoms with Crippen molar-refractivity contribution in [2.24, 2.45) is 23.7 Å². The van der Waals surface area contributed by atoms with E-state index in [0.29, 0.717) is 22.9 Å². The van der Waals surface area contributed by atoms with E-state index in [1.165, 1.54) is 31.3 Å². The molecule has 2 aliphatic carbocycles. The van der Waals surface area contributed by atoms with E-state index >= 15 is 0 Å². The van der Waals surface area contributed by atoms with Crippen LogP contribution in [0.15, 0.2) is 54.6 Å². The first-order valence-corrected chi connectivity index (χ1v) is 11.3. The van der Waals surface area contributed by atoms with Crippen LogP contribution in [-0.2, 0) is 19.1 Å². The minimum absolute atomic E-state index is 0.0995. The summed E-state index contributed by atoms with van der Waals surface area (Å²) in [7, 11) is 2.98. The Bertz CT molecular complexity index is 1220. The summed E-state index contributed by atoms with van der Waals surface area (Å²) in [5.74, 6) is -1.25. The Morgan fingerprint density at radius 3 is 2.34 bits per heavy atom. The molecule has 2 fully saturated rings. The second-order valence-corrected chi connectivity index (χ2v) is 8.75. The molecule has 9 heteroatoms. The number of esters is 1. The zero-order valence-electron chi connectivity index (χ0n) is 19.2. The highest BCUT2D eigenvalue weighted by molar-refractivity contribution is 6.23. The molecule has 1 saturated heterocycles. The number of fused-ring (bicyclic) bond motifs is 5.